The molecule has 1 aliphatic rings. The van der Waals surface area contributed by atoms with E-state index in [1.807, 2.05) is 18.2 Å². The first-order chi connectivity index (χ1) is 9.09. The van der Waals surface area contributed by atoms with Crippen LogP contribution in [0.2, 0.25) is 0 Å². The number of thioether (sulfide) groups is 1. The number of aryl methyl sites for hydroxylation is 1. The molecule has 102 valence electrons. The highest BCUT2D eigenvalue weighted by atomic mass is 32.2. The number of carbonyl (C=O) groups excluding carboxylic acids is 1. The minimum absolute atomic E-state index is 0.0182. The summed E-state index contributed by atoms with van der Waals surface area (Å²) in [5.41, 5.74) is 2.42. The summed E-state index contributed by atoms with van der Waals surface area (Å²) >= 11 is 1.12. The summed E-state index contributed by atoms with van der Waals surface area (Å²) in [5, 5.41) is 9.42. The van der Waals surface area contributed by atoms with Crippen molar-refractivity contribution >= 4 is 22.8 Å². The molecule has 0 radical (unpaired) electrons. The molecular formula is C15H18O3S. The first-order valence-electron chi connectivity index (χ1n) is 6.53. The lowest BCUT2D eigenvalue weighted by molar-refractivity contribution is -0.141. The van der Waals surface area contributed by atoms with E-state index in [2.05, 4.69) is 6.07 Å². The zero-order valence-electron chi connectivity index (χ0n) is 11.0. The molecule has 1 N–H and O–H groups in total. The van der Waals surface area contributed by atoms with Crippen molar-refractivity contribution in [3.05, 3.63) is 35.4 Å². The van der Waals surface area contributed by atoms with Gasteiger partial charge in [-0.15, -0.1) is 0 Å². The third kappa shape index (κ3) is 3.38. The number of hydrogen-bond donors (Lipinski definition) is 1. The summed E-state index contributed by atoms with van der Waals surface area (Å²) in [5.74, 6) is -0.871. The van der Waals surface area contributed by atoms with Gasteiger partial charge in [-0.2, -0.15) is 0 Å². The van der Waals surface area contributed by atoms with Crippen molar-refractivity contribution in [2.45, 2.75) is 32.1 Å². The molecule has 0 bridgehead atoms. The number of hydrogen-bond acceptors (Lipinski definition) is 3. The van der Waals surface area contributed by atoms with Gasteiger partial charge >= 0.3 is 5.97 Å². The van der Waals surface area contributed by atoms with Crippen LogP contribution in [0.3, 0.4) is 0 Å². The van der Waals surface area contributed by atoms with Crippen molar-refractivity contribution in [2.75, 3.05) is 5.75 Å². The predicted molar refractivity (Wildman–Crippen MR) is 76.4 cm³/mol. The zero-order chi connectivity index (χ0) is 13.8. The Labute approximate surface area is 117 Å². The number of rotatable bonds is 4. The zero-order valence-corrected chi connectivity index (χ0v) is 11.8. The van der Waals surface area contributed by atoms with Crippen LogP contribution in [0.4, 0.5) is 0 Å². The fraction of sp³-hybridized carbons (Fsp3) is 0.467. The van der Waals surface area contributed by atoms with Crippen LogP contribution in [0.1, 0.15) is 36.8 Å². The maximum Gasteiger partial charge on any atom is 0.307 e. The number of carboxylic acids is 1. The van der Waals surface area contributed by atoms with Crippen LogP contribution in [0, 0.1) is 5.92 Å². The Balaban J connectivity index is 2.23. The van der Waals surface area contributed by atoms with Gasteiger partial charge in [0, 0.05) is 12.7 Å². The van der Waals surface area contributed by atoms with E-state index in [0.29, 0.717) is 5.75 Å². The van der Waals surface area contributed by atoms with Gasteiger partial charge in [0.25, 0.3) is 0 Å². The maximum absolute atomic E-state index is 11.5. The van der Waals surface area contributed by atoms with E-state index in [1.165, 1.54) is 12.5 Å². The van der Waals surface area contributed by atoms with Gasteiger partial charge in [-0.1, -0.05) is 36.0 Å². The normalized spacial score (nSPS) is 19.5. The molecule has 1 aliphatic carbocycles. The van der Waals surface area contributed by atoms with Gasteiger partial charge in [-0.05, 0) is 36.3 Å². The molecule has 0 amide bonds. The topological polar surface area (TPSA) is 54.4 Å². The molecule has 0 heterocycles. The van der Waals surface area contributed by atoms with Gasteiger partial charge in [0.15, 0.2) is 5.12 Å². The van der Waals surface area contributed by atoms with Crippen molar-refractivity contribution < 1.29 is 14.7 Å². The minimum Gasteiger partial charge on any atom is -0.481 e. The number of benzene rings is 1. The second-order valence-corrected chi connectivity index (χ2v) is 6.14. The number of carboxylic acid groups (broad SMARTS) is 1. The fourth-order valence-corrected chi connectivity index (χ4v) is 3.57. The SMILES string of the molecule is CC(=O)SC[C@H](C(=O)O)[C@@H]1CCCc2ccccc21. The van der Waals surface area contributed by atoms with E-state index in [-0.39, 0.29) is 11.0 Å². The summed E-state index contributed by atoms with van der Waals surface area (Å²) in [6, 6.07) is 8.08. The van der Waals surface area contributed by atoms with E-state index in [9.17, 15) is 14.7 Å². The maximum atomic E-state index is 11.5. The second-order valence-electron chi connectivity index (χ2n) is 4.94. The molecule has 2 rings (SSSR count). The Morgan fingerprint density at radius 3 is 2.84 bits per heavy atom. The molecule has 19 heavy (non-hydrogen) atoms. The van der Waals surface area contributed by atoms with E-state index < -0.39 is 11.9 Å². The highest BCUT2D eigenvalue weighted by Crippen LogP contribution is 2.38. The molecule has 1 aromatic rings. The van der Waals surface area contributed by atoms with Crippen LogP contribution in [0.5, 0.6) is 0 Å². The third-order valence-corrected chi connectivity index (χ3v) is 4.62. The van der Waals surface area contributed by atoms with E-state index in [1.54, 1.807) is 0 Å². The van der Waals surface area contributed by atoms with Crippen LogP contribution < -0.4 is 0 Å². The van der Waals surface area contributed by atoms with Gasteiger partial charge in [-0.25, -0.2) is 0 Å². The average Bonchev–Trinajstić information content (AvgIpc) is 2.38. The first-order valence-corrected chi connectivity index (χ1v) is 7.52. The van der Waals surface area contributed by atoms with Gasteiger partial charge < -0.3 is 5.11 Å². The van der Waals surface area contributed by atoms with E-state index >= 15 is 0 Å². The monoisotopic (exact) mass is 278 g/mol. The summed E-state index contributed by atoms with van der Waals surface area (Å²) < 4.78 is 0. The van der Waals surface area contributed by atoms with Crippen LogP contribution in [0.15, 0.2) is 24.3 Å². The highest BCUT2D eigenvalue weighted by molar-refractivity contribution is 8.13. The quantitative estimate of drug-likeness (QED) is 0.919. The smallest absolute Gasteiger partial charge is 0.307 e. The molecule has 0 unspecified atom stereocenters. The van der Waals surface area contributed by atoms with Crippen molar-refractivity contribution in [3.63, 3.8) is 0 Å². The van der Waals surface area contributed by atoms with Crippen molar-refractivity contribution in [3.8, 4) is 0 Å². The first kappa shape index (κ1) is 14.1. The fourth-order valence-electron chi connectivity index (χ4n) is 2.78. The lowest BCUT2D eigenvalue weighted by atomic mass is 9.76. The van der Waals surface area contributed by atoms with Crippen molar-refractivity contribution in [1.29, 1.82) is 0 Å². The van der Waals surface area contributed by atoms with Gasteiger partial charge in [0.05, 0.1) is 5.92 Å². The summed E-state index contributed by atoms with van der Waals surface area (Å²) in [6.07, 6.45) is 2.95. The molecule has 0 fully saturated rings. The Morgan fingerprint density at radius 1 is 1.42 bits per heavy atom. The second kappa shape index (κ2) is 6.24. The van der Waals surface area contributed by atoms with Crippen LogP contribution >= 0.6 is 11.8 Å². The molecular weight excluding hydrogens is 260 g/mol. The molecule has 0 saturated heterocycles. The molecule has 0 aliphatic heterocycles. The van der Waals surface area contributed by atoms with Gasteiger partial charge in [0.1, 0.15) is 0 Å². The van der Waals surface area contributed by atoms with Crippen molar-refractivity contribution in [2.24, 2.45) is 5.92 Å². The molecule has 4 heteroatoms. The molecule has 1 aromatic carbocycles. The van der Waals surface area contributed by atoms with Crippen LogP contribution in [0.25, 0.3) is 0 Å². The average molecular weight is 278 g/mol. The molecule has 3 nitrogen and oxygen atoms in total. The number of fused-ring (bicyclic) bond motifs is 1. The van der Waals surface area contributed by atoms with E-state index in [4.69, 9.17) is 0 Å². The number of aliphatic carboxylic acids is 1. The Kier molecular flexibility index (Phi) is 4.64. The molecule has 0 aromatic heterocycles. The van der Waals surface area contributed by atoms with Gasteiger partial charge in [0.2, 0.25) is 0 Å². The van der Waals surface area contributed by atoms with Crippen LogP contribution in [-0.4, -0.2) is 21.9 Å². The lowest BCUT2D eigenvalue weighted by Crippen LogP contribution is -2.27. The largest absolute Gasteiger partial charge is 0.481 e. The Hall–Kier alpha value is -1.29. The Bertz CT molecular complexity index is 484. The summed E-state index contributed by atoms with van der Waals surface area (Å²) in [7, 11) is 0. The summed E-state index contributed by atoms with van der Waals surface area (Å²) in [4.78, 5) is 22.6. The summed E-state index contributed by atoms with van der Waals surface area (Å²) in [6.45, 7) is 1.48. The van der Waals surface area contributed by atoms with Crippen molar-refractivity contribution in [1.82, 2.24) is 0 Å². The number of carbonyl (C=O) groups is 2. The molecule has 0 spiro atoms. The van der Waals surface area contributed by atoms with Crippen LogP contribution in [-0.2, 0) is 16.0 Å². The predicted octanol–water partition coefficient (Wildman–Crippen LogP) is 3.09. The standard InChI is InChI=1S/C15H18O3S/c1-10(16)19-9-14(15(17)18)13-8-4-6-11-5-2-3-7-12(11)13/h2-3,5,7,13-14H,4,6,8-9H2,1H3,(H,17,18)/t13-,14+/m1/s1. The van der Waals surface area contributed by atoms with Gasteiger partial charge in [-0.3, -0.25) is 9.59 Å². The highest BCUT2D eigenvalue weighted by Gasteiger charge is 2.32. The Morgan fingerprint density at radius 2 is 2.16 bits per heavy atom. The lowest BCUT2D eigenvalue weighted by Gasteiger charge is -2.29. The molecule has 2 atom stereocenters. The molecule has 0 saturated carbocycles. The minimum atomic E-state index is -0.796. The third-order valence-electron chi connectivity index (χ3n) is 3.68. The van der Waals surface area contributed by atoms with E-state index in [0.717, 1.165) is 36.6 Å².